The molecule has 1 heterocycles. The van der Waals surface area contributed by atoms with Crippen molar-refractivity contribution >= 4 is 0 Å². The molecule has 15 heavy (non-hydrogen) atoms. The Hall–Kier alpha value is -0.0400. The number of nitrogens with one attached hydrogen (secondary N) is 1. The van der Waals surface area contributed by atoms with Crippen molar-refractivity contribution < 1.29 is 0 Å². The van der Waals surface area contributed by atoms with E-state index in [0.29, 0.717) is 5.54 Å². The van der Waals surface area contributed by atoms with E-state index in [-0.39, 0.29) is 0 Å². The van der Waals surface area contributed by atoms with Gasteiger partial charge in [0, 0.05) is 11.6 Å². The summed E-state index contributed by atoms with van der Waals surface area (Å²) in [4.78, 5) is 0. The van der Waals surface area contributed by atoms with E-state index in [1.807, 2.05) is 0 Å². The summed E-state index contributed by atoms with van der Waals surface area (Å²) in [6, 6.07) is 0.853. The van der Waals surface area contributed by atoms with Crippen molar-refractivity contribution in [2.75, 3.05) is 0 Å². The van der Waals surface area contributed by atoms with Crippen LogP contribution in [0.4, 0.5) is 0 Å². The van der Waals surface area contributed by atoms with Crippen LogP contribution in [0.15, 0.2) is 0 Å². The number of hydrogen-bond acceptors (Lipinski definition) is 1. The van der Waals surface area contributed by atoms with Crippen LogP contribution in [0.1, 0.15) is 52.9 Å². The lowest BCUT2D eigenvalue weighted by Crippen LogP contribution is -2.40. The van der Waals surface area contributed by atoms with Crippen LogP contribution in [-0.2, 0) is 0 Å². The monoisotopic (exact) mass is 207 g/mol. The van der Waals surface area contributed by atoms with Crippen LogP contribution >= 0.6 is 0 Å². The maximum Gasteiger partial charge on any atom is 0.0190 e. The second-order valence-electron chi connectivity index (χ2n) is 6.53. The minimum absolute atomic E-state index is 0.514. The molecule has 2 aliphatic carbocycles. The summed E-state index contributed by atoms with van der Waals surface area (Å²) in [5.74, 6) is 3.97. The summed E-state index contributed by atoms with van der Waals surface area (Å²) in [6.07, 6.45) is 7.25. The van der Waals surface area contributed by atoms with Crippen LogP contribution < -0.4 is 5.32 Å². The minimum Gasteiger partial charge on any atom is -0.308 e. The second kappa shape index (κ2) is 3.23. The summed E-state index contributed by atoms with van der Waals surface area (Å²) in [5, 5.41) is 3.99. The van der Waals surface area contributed by atoms with E-state index in [9.17, 15) is 0 Å². The SMILES string of the molecule is CCC(C)C1C2CCC3CCC(C)(N2)C31. The molecule has 0 aromatic heterocycles. The fourth-order valence-electron chi connectivity index (χ4n) is 5.03. The molecule has 6 unspecified atom stereocenters. The third-order valence-electron chi connectivity index (χ3n) is 5.82. The topological polar surface area (TPSA) is 12.0 Å². The Morgan fingerprint density at radius 1 is 1.33 bits per heavy atom. The average Bonchev–Trinajstić information content (AvgIpc) is 2.63. The largest absolute Gasteiger partial charge is 0.308 e. The lowest BCUT2D eigenvalue weighted by molar-refractivity contribution is 0.135. The molecular weight excluding hydrogens is 182 g/mol. The van der Waals surface area contributed by atoms with Crippen molar-refractivity contribution in [3.8, 4) is 0 Å². The van der Waals surface area contributed by atoms with Crippen LogP contribution in [0.25, 0.3) is 0 Å². The Morgan fingerprint density at radius 3 is 2.87 bits per heavy atom. The van der Waals surface area contributed by atoms with Gasteiger partial charge in [-0.25, -0.2) is 0 Å². The van der Waals surface area contributed by atoms with Gasteiger partial charge in [-0.3, -0.25) is 0 Å². The van der Waals surface area contributed by atoms with E-state index in [1.54, 1.807) is 0 Å². The molecule has 0 amide bonds. The molecule has 1 heteroatoms. The van der Waals surface area contributed by atoms with Gasteiger partial charge in [0.25, 0.3) is 0 Å². The molecule has 86 valence electrons. The molecule has 0 spiro atoms. The van der Waals surface area contributed by atoms with E-state index >= 15 is 0 Å². The van der Waals surface area contributed by atoms with Gasteiger partial charge in [0.1, 0.15) is 0 Å². The lowest BCUT2D eigenvalue weighted by atomic mass is 9.66. The third kappa shape index (κ3) is 1.25. The highest BCUT2D eigenvalue weighted by molar-refractivity contribution is 5.14. The summed E-state index contributed by atoms with van der Waals surface area (Å²) < 4.78 is 0. The van der Waals surface area contributed by atoms with Gasteiger partial charge in [-0.2, -0.15) is 0 Å². The molecule has 0 aromatic rings. The highest BCUT2D eigenvalue weighted by atomic mass is 15.1. The molecule has 2 bridgehead atoms. The van der Waals surface area contributed by atoms with Gasteiger partial charge < -0.3 is 5.32 Å². The maximum atomic E-state index is 3.99. The van der Waals surface area contributed by atoms with Crippen molar-refractivity contribution in [1.29, 1.82) is 0 Å². The first-order valence-electron chi connectivity index (χ1n) is 6.93. The van der Waals surface area contributed by atoms with E-state index in [1.165, 1.54) is 32.1 Å². The zero-order valence-electron chi connectivity index (χ0n) is 10.4. The standard InChI is InChI=1S/C14H25N/c1-4-9(2)12-11-6-5-10-7-8-14(3,15-11)13(10)12/h9-13,15H,4-8H2,1-3H3. The van der Waals surface area contributed by atoms with Crippen molar-refractivity contribution in [1.82, 2.24) is 5.32 Å². The molecule has 0 aromatic carbocycles. The summed E-state index contributed by atoms with van der Waals surface area (Å²) >= 11 is 0. The van der Waals surface area contributed by atoms with Crippen LogP contribution in [-0.4, -0.2) is 11.6 Å². The average molecular weight is 207 g/mol. The molecule has 3 fully saturated rings. The van der Waals surface area contributed by atoms with E-state index in [2.05, 4.69) is 26.1 Å². The first-order valence-corrected chi connectivity index (χ1v) is 6.93. The van der Waals surface area contributed by atoms with Crippen LogP contribution in [0.2, 0.25) is 0 Å². The molecule has 1 N–H and O–H groups in total. The number of fused-ring (bicyclic) bond motifs is 1. The van der Waals surface area contributed by atoms with E-state index in [4.69, 9.17) is 0 Å². The van der Waals surface area contributed by atoms with Gasteiger partial charge in [-0.05, 0) is 56.3 Å². The minimum atomic E-state index is 0.514. The molecule has 6 atom stereocenters. The fraction of sp³-hybridized carbons (Fsp3) is 1.00. The normalized spacial score (nSPS) is 54.6. The molecule has 1 saturated heterocycles. The van der Waals surface area contributed by atoms with E-state index in [0.717, 1.165) is 29.7 Å². The number of rotatable bonds is 2. The molecule has 2 saturated carbocycles. The molecule has 0 radical (unpaired) electrons. The highest BCUT2D eigenvalue weighted by Gasteiger charge is 2.59. The van der Waals surface area contributed by atoms with Crippen molar-refractivity contribution in [2.24, 2.45) is 23.7 Å². The molecule has 1 nitrogen and oxygen atoms in total. The summed E-state index contributed by atoms with van der Waals surface area (Å²) in [5.41, 5.74) is 0.514. The van der Waals surface area contributed by atoms with Crippen LogP contribution in [0, 0.1) is 23.7 Å². The smallest absolute Gasteiger partial charge is 0.0190 e. The third-order valence-corrected chi connectivity index (χ3v) is 5.82. The Balaban J connectivity index is 1.93. The maximum absolute atomic E-state index is 3.99. The zero-order chi connectivity index (χ0) is 10.6. The predicted octanol–water partition coefficient (Wildman–Crippen LogP) is 3.20. The van der Waals surface area contributed by atoms with Gasteiger partial charge in [0.2, 0.25) is 0 Å². The zero-order valence-corrected chi connectivity index (χ0v) is 10.4. The van der Waals surface area contributed by atoms with Crippen LogP contribution in [0.5, 0.6) is 0 Å². The predicted molar refractivity (Wildman–Crippen MR) is 63.7 cm³/mol. The Labute approximate surface area is 94.0 Å². The quantitative estimate of drug-likeness (QED) is 0.733. The summed E-state index contributed by atoms with van der Waals surface area (Å²) in [7, 11) is 0. The Bertz CT molecular complexity index is 260. The van der Waals surface area contributed by atoms with Gasteiger partial charge in [0.05, 0.1) is 0 Å². The van der Waals surface area contributed by atoms with Crippen molar-refractivity contribution in [3.05, 3.63) is 0 Å². The first kappa shape index (κ1) is 10.1. The van der Waals surface area contributed by atoms with Crippen molar-refractivity contribution in [2.45, 2.75) is 64.5 Å². The molecular formula is C14H25N. The molecule has 1 aliphatic heterocycles. The van der Waals surface area contributed by atoms with Gasteiger partial charge in [-0.1, -0.05) is 20.3 Å². The van der Waals surface area contributed by atoms with Crippen molar-refractivity contribution in [3.63, 3.8) is 0 Å². The van der Waals surface area contributed by atoms with Gasteiger partial charge in [-0.15, -0.1) is 0 Å². The highest BCUT2D eigenvalue weighted by Crippen LogP contribution is 2.57. The Morgan fingerprint density at radius 2 is 2.13 bits per heavy atom. The molecule has 3 aliphatic rings. The van der Waals surface area contributed by atoms with Gasteiger partial charge in [0.15, 0.2) is 0 Å². The van der Waals surface area contributed by atoms with Crippen LogP contribution in [0.3, 0.4) is 0 Å². The molecule has 3 rings (SSSR count). The Kier molecular flexibility index (Phi) is 2.18. The summed E-state index contributed by atoms with van der Waals surface area (Å²) in [6.45, 7) is 7.34. The number of hydrogen-bond donors (Lipinski definition) is 1. The lowest BCUT2D eigenvalue weighted by Gasteiger charge is -2.38. The van der Waals surface area contributed by atoms with Gasteiger partial charge >= 0.3 is 0 Å². The first-order chi connectivity index (χ1) is 7.15. The second-order valence-corrected chi connectivity index (χ2v) is 6.53. The fourth-order valence-corrected chi connectivity index (χ4v) is 5.03. The van der Waals surface area contributed by atoms with E-state index < -0.39 is 0 Å².